The Balaban J connectivity index is 1.67. The fourth-order valence-electron chi connectivity index (χ4n) is 4.05. The maximum atomic E-state index is 13.0. The lowest BCUT2D eigenvalue weighted by Gasteiger charge is -2.24. The Morgan fingerprint density at radius 1 is 1.14 bits per heavy atom. The normalized spacial score (nSPS) is 15.7. The number of nitrogens with one attached hydrogen (secondary N) is 2. The molecular weight excluding hydrogens is 392 g/mol. The van der Waals surface area contributed by atoms with Crippen LogP contribution in [0, 0.1) is 0 Å². The van der Waals surface area contributed by atoms with E-state index in [-0.39, 0.29) is 11.9 Å². The van der Waals surface area contributed by atoms with Crippen molar-refractivity contribution < 1.29 is 19.0 Å². The number of carbonyl (C=O) groups is 1. The first-order chi connectivity index (χ1) is 14.1. The van der Waals surface area contributed by atoms with Gasteiger partial charge in [-0.3, -0.25) is 4.79 Å². The molecule has 0 spiro atoms. The number of hydrogen-bond donors (Lipinski definition) is 2. The number of halogens is 1. The van der Waals surface area contributed by atoms with Gasteiger partial charge >= 0.3 is 0 Å². The second kappa shape index (κ2) is 7.87. The predicted octanol–water partition coefficient (Wildman–Crippen LogP) is 4.65. The summed E-state index contributed by atoms with van der Waals surface area (Å²) < 4.78 is 16.1. The summed E-state index contributed by atoms with van der Waals surface area (Å²) in [5.41, 5.74) is 3.62. The van der Waals surface area contributed by atoms with Crippen LogP contribution in [-0.4, -0.2) is 32.2 Å². The van der Waals surface area contributed by atoms with Crippen LogP contribution >= 0.6 is 11.6 Å². The van der Waals surface area contributed by atoms with Crippen LogP contribution in [-0.2, 0) is 6.42 Å². The topological polar surface area (TPSA) is 72.6 Å². The van der Waals surface area contributed by atoms with Crippen molar-refractivity contribution in [2.45, 2.75) is 25.3 Å². The monoisotopic (exact) mass is 414 g/mol. The first kappa shape index (κ1) is 19.5. The summed E-state index contributed by atoms with van der Waals surface area (Å²) >= 11 is 6.36. The first-order valence-electron chi connectivity index (χ1n) is 9.47. The van der Waals surface area contributed by atoms with Crippen LogP contribution in [0.1, 0.15) is 40.5 Å². The third kappa shape index (κ3) is 3.38. The summed E-state index contributed by atoms with van der Waals surface area (Å²) in [6, 6.07) is 9.09. The summed E-state index contributed by atoms with van der Waals surface area (Å²) in [5, 5.41) is 4.96. The Kier molecular flexibility index (Phi) is 5.28. The number of aryl methyl sites for hydroxylation is 1. The minimum atomic E-state index is -0.202. The average Bonchev–Trinajstić information content (AvgIpc) is 3.13. The maximum Gasteiger partial charge on any atom is 0.252 e. The van der Waals surface area contributed by atoms with Crippen LogP contribution in [0.5, 0.6) is 17.2 Å². The van der Waals surface area contributed by atoms with Crippen molar-refractivity contribution in [2.24, 2.45) is 0 Å². The molecule has 0 radical (unpaired) electrons. The van der Waals surface area contributed by atoms with Crippen LogP contribution < -0.4 is 19.5 Å². The van der Waals surface area contributed by atoms with Crippen LogP contribution in [0.3, 0.4) is 0 Å². The fraction of sp³-hybridized carbons (Fsp3) is 0.318. The van der Waals surface area contributed by atoms with Gasteiger partial charge in [-0.1, -0.05) is 23.7 Å². The number of aromatic amines is 1. The van der Waals surface area contributed by atoms with Gasteiger partial charge in [0.05, 0.1) is 37.9 Å². The third-order valence-corrected chi connectivity index (χ3v) is 5.74. The van der Waals surface area contributed by atoms with Gasteiger partial charge in [0.2, 0.25) is 5.75 Å². The van der Waals surface area contributed by atoms with Crippen molar-refractivity contribution in [1.82, 2.24) is 10.3 Å². The number of rotatable bonds is 5. The molecule has 4 rings (SSSR count). The lowest BCUT2D eigenvalue weighted by Crippen LogP contribution is -2.31. The number of fused-ring (bicyclic) bond motifs is 3. The number of amides is 1. The summed E-state index contributed by atoms with van der Waals surface area (Å²) in [4.78, 5) is 16.5. The van der Waals surface area contributed by atoms with Crippen molar-refractivity contribution in [2.75, 3.05) is 21.3 Å². The van der Waals surface area contributed by atoms with E-state index >= 15 is 0 Å². The highest BCUT2D eigenvalue weighted by Crippen LogP contribution is 2.39. The Morgan fingerprint density at radius 3 is 2.52 bits per heavy atom. The molecule has 7 heteroatoms. The zero-order chi connectivity index (χ0) is 20.5. The molecule has 1 amide bonds. The molecule has 1 aliphatic rings. The maximum absolute atomic E-state index is 13.0. The van der Waals surface area contributed by atoms with Gasteiger partial charge in [0, 0.05) is 16.6 Å². The molecule has 2 aromatic carbocycles. The Labute approximate surface area is 174 Å². The Hall–Kier alpha value is -2.86. The van der Waals surface area contributed by atoms with Crippen molar-refractivity contribution >= 4 is 28.4 Å². The molecule has 1 aliphatic carbocycles. The third-order valence-electron chi connectivity index (χ3n) is 5.42. The number of hydrogen-bond acceptors (Lipinski definition) is 4. The largest absolute Gasteiger partial charge is 0.493 e. The van der Waals surface area contributed by atoms with E-state index in [0.29, 0.717) is 27.8 Å². The molecule has 2 N–H and O–H groups in total. The van der Waals surface area contributed by atoms with Crippen molar-refractivity contribution in [1.29, 1.82) is 0 Å². The molecule has 1 atom stereocenters. The van der Waals surface area contributed by atoms with Gasteiger partial charge in [-0.05, 0) is 43.0 Å². The molecule has 0 saturated heterocycles. The zero-order valence-corrected chi connectivity index (χ0v) is 17.4. The average molecular weight is 415 g/mol. The first-order valence-corrected chi connectivity index (χ1v) is 9.85. The fourth-order valence-corrected chi connectivity index (χ4v) is 4.27. The van der Waals surface area contributed by atoms with E-state index in [1.807, 2.05) is 12.1 Å². The zero-order valence-electron chi connectivity index (χ0n) is 16.6. The number of ether oxygens (including phenoxy) is 3. The second-order valence-electron chi connectivity index (χ2n) is 7.01. The Bertz CT molecular complexity index is 1050. The lowest BCUT2D eigenvalue weighted by atomic mass is 9.91. The molecule has 3 aromatic rings. The quantitative estimate of drug-likeness (QED) is 0.637. The highest BCUT2D eigenvalue weighted by molar-refractivity contribution is 6.35. The van der Waals surface area contributed by atoms with E-state index < -0.39 is 0 Å². The molecular formula is C22H23ClN2O4. The molecule has 0 unspecified atom stereocenters. The number of H-pyrrole nitrogens is 1. The van der Waals surface area contributed by atoms with Crippen molar-refractivity contribution in [3.63, 3.8) is 0 Å². The van der Waals surface area contributed by atoms with Gasteiger partial charge in [0.25, 0.3) is 5.91 Å². The van der Waals surface area contributed by atoms with Crippen LogP contribution in [0.15, 0.2) is 30.3 Å². The van der Waals surface area contributed by atoms with Crippen molar-refractivity contribution in [3.8, 4) is 17.2 Å². The predicted molar refractivity (Wildman–Crippen MR) is 113 cm³/mol. The van der Waals surface area contributed by atoms with Crippen LogP contribution in [0.25, 0.3) is 10.9 Å². The standard InChI is InChI=1S/C22H23ClN2O4/c1-27-17-10-12(11-18(28-2)21(17)29-3)22(26)24-16-9-5-7-14-13-6-4-8-15(23)19(13)25-20(14)16/h4,6,8,10-11,16,25H,5,7,9H2,1-3H3,(H,24,26)/t16-/m0/s1. The van der Waals surface area contributed by atoms with Gasteiger partial charge in [0.1, 0.15) is 0 Å². The lowest BCUT2D eigenvalue weighted by molar-refractivity contribution is 0.0931. The van der Waals surface area contributed by atoms with E-state index in [1.165, 1.54) is 26.9 Å². The number of aromatic nitrogens is 1. The van der Waals surface area contributed by atoms with Gasteiger partial charge in [-0.2, -0.15) is 0 Å². The molecule has 1 aromatic heterocycles. The summed E-state index contributed by atoms with van der Waals surface area (Å²) in [6.45, 7) is 0. The number of carbonyl (C=O) groups excluding carboxylic acids is 1. The summed E-state index contributed by atoms with van der Waals surface area (Å²) in [5.74, 6) is 1.14. The second-order valence-corrected chi connectivity index (χ2v) is 7.42. The van der Waals surface area contributed by atoms with Gasteiger partial charge in [0.15, 0.2) is 11.5 Å². The van der Waals surface area contributed by atoms with Gasteiger partial charge in [-0.15, -0.1) is 0 Å². The van der Waals surface area contributed by atoms with E-state index in [4.69, 9.17) is 25.8 Å². The highest BCUT2D eigenvalue weighted by atomic mass is 35.5. The minimum Gasteiger partial charge on any atom is -0.493 e. The SMILES string of the molecule is COc1cc(C(=O)N[C@H]2CCCc3c2[nH]c2c(Cl)cccc32)cc(OC)c1OC. The minimum absolute atomic E-state index is 0.117. The smallest absolute Gasteiger partial charge is 0.252 e. The van der Waals surface area contributed by atoms with E-state index in [9.17, 15) is 4.79 Å². The molecule has 29 heavy (non-hydrogen) atoms. The molecule has 0 fully saturated rings. The molecule has 152 valence electrons. The molecule has 1 heterocycles. The number of benzene rings is 2. The molecule has 0 saturated carbocycles. The van der Waals surface area contributed by atoms with E-state index in [2.05, 4.69) is 16.4 Å². The van der Waals surface area contributed by atoms with Crippen molar-refractivity contribution in [3.05, 3.63) is 52.2 Å². The van der Waals surface area contributed by atoms with Crippen LogP contribution in [0.2, 0.25) is 5.02 Å². The van der Waals surface area contributed by atoms with E-state index in [1.54, 1.807) is 12.1 Å². The van der Waals surface area contributed by atoms with Gasteiger partial charge < -0.3 is 24.5 Å². The molecule has 0 aliphatic heterocycles. The van der Waals surface area contributed by atoms with Crippen LogP contribution in [0.4, 0.5) is 0 Å². The van der Waals surface area contributed by atoms with E-state index in [0.717, 1.165) is 35.9 Å². The number of para-hydroxylation sites is 1. The Morgan fingerprint density at radius 2 is 1.86 bits per heavy atom. The highest BCUT2D eigenvalue weighted by Gasteiger charge is 2.27. The number of methoxy groups -OCH3 is 3. The van der Waals surface area contributed by atoms with Gasteiger partial charge in [-0.25, -0.2) is 0 Å². The molecule has 6 nitrogen and oxygen atoms in total. The molecule has 0 bridgehead atoms. The summed E-state index contributed by atoms with van der Waals surface area (Å²) in [7, 11) is 4.59. The summed E-state index contributed by atoms with van der Waals surface area (Å²) in [6.07, 6.45) is 2.81.